The molecule has 1 aromatic heterocycles. The first-order chi connectivity index (χ1) is 15.9. The summed E-state index contributed by atoms with van der Waals surface area (Å²) in [5.41, 5.74) is 7.45. The molecule has 1 aliphatic rings. The first-order valence-electron chi connectivity index (χ1n) is 12.4. The molecule has 4 rings (SSSR count). The number of hydrogen-bond acceptors (Lipinski definition) is 1. The van der Waals surface area contributed by atoms with Crippen LogP contribution in [-0.4, -0.2) is 10.5 Å². The van der Waals surface area contributed by atoms with Crippen LogP contribution in [0.25, 0.3) is 0 Å². The summed E-state index contributed by atoms with van der Waals surface area (Å²) in [6, 6.07) is 20.7. The fourth-order valence-corrected chi connectivity index (χ4v) is 5.94. The minimum atomic E-state index is -0.814. The van der Waals surface area contributed by atoms with E-state index < -0.39 is 5.41 Å². The normalized spacial score (nSPS) is 18.1. The highest BCUT2D eigenvalue weighted by Gasteiger charge is 2.51. The number of hydrogen-bond donors (Lipinski definition) is 1. The second-order valence-electron chi connectivity index (χ2n) is 10.1. The molecule has 1 fully saturated rings. The molecule has 34 heavy (non-hydrogen) atoms. The van der Waals surface area contributed by atoms with Gasteiger partial charge in [0.2, 0.25) is 5.91 Å². The number of aromatic nitrogens is 2. The summed E-state index contributed by atoms with van der Waals surface area (Å²) in [6.45, 7) is 7.85. The van der Waals surface area contributed by atoms with Crippen LogP contribution in [0.4, 0.5) is 0 Å². The predicted octanol–water partition coefficient (Wildman–Crippen LogP) is 2.34. The van der Waals surface area contributed by atoms with Crippen LogP contribution in [0.1, 0.15) is 68.9 Å². The van der Waals surface area contributed by atoms with Crippen molar-refractivity contribution in [1.29, 1.82) is 0 Å². The van der Waals surface area contributed by atoms with Crippen molar-refractivity contribution in [2.24, 2.45) is 17.6 Å². The molecule has 3 aromatic rings. The van der Waals surface area contributed by atoms with Crippen LogP contribution in [0.5, 0.6) is 0 Å². The third kappa shape index (κ3) is 5.00. The third-order valence-corrected chi connectivity index (χ3v) is 7.63. The number of primary amides is 1. The molecule has 0 radical (unpaired) electrons. The third-order valence-electron chi connectivity index (χ3n) is 7.63. The molecule has 1 saturated carbocycles. The van der Waals surface area contributed by atoms with E-state index in [-0.39, 0.29) is 28.8 Å². The number of nitrogens with two attached hydrogens (primary N) is 1. The molecule has 4 nitrogen and oxygen atoms in total. The lowest BCUT2D eigenvalue weighted by atomic mass is 9.64. The van der Waals surface area contributed by atoms with E-state index in [2.05, 4.69) is 66.6 Å². The molecule has 5 heteroatoms. The van der Waals surface area contributed by atoms with Crippen molar-refractivity contribution in [2.75, 3.05) is 0 Å². The molecule has 182 valence electrons. The molecule has 2 aromatic carbocycles. The quantitative estimate of drug-likeness (QED) is 0.430. The highest BCUT2D eigenvalue weighted by atomic mass is 79.9. The fraction of sp³-hybridized carbons (Fsp3) is 0.448. The smallest absolute Gasteiger partial charge is 0.253 e. The lowest BCUT2D eigenvalue weighted by Gasteiger charge is -2.37. The first kappa shape index (κ1) is 26.2. The maximum Gasteiger partial charge on any atom is 0.253 e. The molecule has 2 atom stereocenters. The van der Waals surface area contributed by atoms with Crippen molar-refractivity contribution < 1.29 is 26.3 Å². The Balaban J connectivity index is 0.00000324. The zero-order valence-electron chi connectivity index (χ0n) is 20.7. The number of carbonyl (C=O) groups is 1. The van der Waals surface area contributed by atoms with Crippen LogP contribution in [0.15, 0.2) is 73.1 Å². The van der Waals surface area contributed by atoms with Crippen LogP contribution >= 0.6 is 0 Å². The molecule has 1 heterocycles. The van der Waals surface area contributed by atoms with E-state index in [1.807, 2.05) is 36.4 Å². The molecule has 0 spiro atoms. The molecule has 1 amide bonds. The van der Waals surface area contributed by atoms with Crippen molar-refractivity contribution in [3.63, 3.8) is 0 Å². The van der Waals surface area contributed by atoms with Crippen molar-refractivity contribution >= 4 is 5.91 Å². The fourth-order valence-electron chi connectivity index (χ4n) is 5.94. The molecular weight excluding hydrogens is 486 g/mol. The summed E-state index contributed by atoms with van der Waals surface area (Å²) in [7, 11) is 0. The topological polar surface area (TPSA) is 51.9 Å². The van der Waals surface area contributed by atoms with E-state index in [4.69, 9.17) is 5.73 Å². The predicted molar refractivity (Wildman–Crippen MR) is 133 cm³/mol. The molecule has 0 aliphatic heterocycles. The van der Waals surface area contributed by atoms with Gasteiger partial charge in [-0.3, -0.25) is 4.79 Å². The number of nitrogens with zero attached hydrogens (tertiary/aromatic N) is 2. The van der Waals surface area contributed by atoms with E-state index in [1.54, 1.807) is 0 Å². The minimum absolute atomic E-state index is 0. The lowest BCUT2D eigenvalue weighted by Crippen LogP contribution is -3.00. The minimum Gasteiger partial charge on any atom is -1.00 e. The highest BCUT2D eigenvalue weighted by Crippen LogP contribution is 2.49. The van der Waals surface area contributed by atoms with Gasteiger partial charge in [-0.2, -0.15) is 0 Å². The SMILES string of the molecule is Cc1n([C@H]2CC[C@@H](C(C(N)=O)(c3ccccc3)c3ccccc3)C2)cc[n+]1CCCC(C)C.[Br-]. The van der Waals surface area contributed by atoms with Gasteiger partial charge in [0.1, 0.15) is 23.9 Å². The standard InChI is InChI=1S/C29H37N3O.BrH/c1-22(2)11-10-18-31-19-20-32(23(31)3)27-17-16-26(21-27)29(28(30)33,24-12-6-4-7-13-24)25-14-8-5-9-15-25;/h4-9,12-15,19-20,22,26-27H,10-11,16-18,21H2,1-3H3,(H-,30,33);1H/t26-,27+;/m1./s1. The molecule has 0 unspecified atom stereocenters. The van der Waals surface area contributed by atoms with Crippen LogP contribution in [-0.2, 0) is 16.8 Å². The zero-order chi connectivity index (χ0) is 23.4. The Labute approximate surface area is 215 Å². The van der Waals surface area contributed by atoms with Crippen LogP contribution in [0, 0.1) is 18.8 Å². The second-order valence-corrected chi connectivity index (χ2v) is 10.1. The Hall–Kier alpha value is -2.40. The van der Waals surface area contributed by atoms with Gasteiger partial charge in [0, 0.05) is 6.92 Å². The van der Waals surface area contributed by atoms with Gasteiger partial charge in [-0.15, -0.1) is 0 Å². The highest BCUT2D eigenvalue weighted by molar-refractivity contribution is 5.91. The van der Waals surface area contributed by atoms with Gasteiger partial charge < -0.3 is 22.7 Å². The van der Waals surface area contributed by atoms with E-state index >= 15 is 0 Å². The number of imidazole rings is 1. The Morgan fingerprint density at radius 3 is 2.18 bits per heavy atom. The lowest BCUT2D eigenvalue weighted by molar-refractivity contribution is -0.703. The van der Waals surface area contributed by atoms with Crippen LogP contribution < -0.4 is 27.3 Å². The number of rotatable bonds is 9. The largest absolute Gasteiger partial charge is 1.00 e. The van der Waals surface area contributed by atoms with Crippen molar-refractivity contribution in [2.45, 2.75) is 70.9 Å². The van der Waals surface area contributed by atoms with E-state index in [0.717, 1.165) is 42.9 Å². The second kappa shape index (κ2) is 11.4. The Morgan fingerprint density at radius 2 is 1.65 bits per heavy atom. The molecular formula is C29H38BrN3O. The van der Waals surface area contributed by atoms with Crippen molar-refractivity contribution in [3.05, 3.63) is 90.0 Å². The summed E-state index contributed by atoms with van der Waals surface area (Å²) >= 11 is 0. The first-order valence-corrected chi connectivity index (χ1v) is 12.4. The van der Waals surface area contributed by atoms with E-state index in [9.17, 15) is 4.79 Å². The average Bonchev–Trinajstić information content (AvgIpc) is 3.43. The number of amides is 1. The summed E-state index contributed by atoms with van der Waals surface area (Å²) in [5, 5.41) is 0. The Kier molecular flexibility index (Phi) is 8.75. The Bertz CT molecular complexity index is 1020. The van der Waals surface area contributed by atoms with Gasteiger partial charge in [-0.1, -0.05) is 74.5 Å². The van der Waals surface area contributed by atoms with E-state index in [1.165, 1.54) is 18.7 Å². The Morgan fingerprint density at radius 1 is 1.06 bits per heavy atom. The maximum atomic E-state index is 13.3. The number of aryl methyl sites for hydroxylation is 1. The van der Waals surface area contributed by atoms with Gasteiger partial charge in [0.15, 0.2) is 0 Å². The van der Waals surface area contributed by atoms with Crippen LogP contribution in [0.3, 0.4) is 0 Å². The number of carbonyl (C=O) groups excluding carboxylic acids is 1. The van der Waals surface area contributed by atoms with Gasteiger partial charge >= 0.3 is 0 Å². The summed E-state index contributed by atoms with van der Waals surface area (Å²) in [4.78, 5) is 13.3. The van der Waals surface area contributed by atoms with Crippen LogP contribution in [0.2, 0.25) is 0 Å². The van der Waals surface area contributed by atoms with Gasteiger partial charge in [-0.05, 0) is 55.1 Å². The van der Waals surface area contributed by atoms with E-state index in [0.29, 0.717) is 6.04 Å². The van der Waals surface area contributed by atoms with Crippen molar-refractivity contribution in [1.82, 2.24) is 4.57 Å². The summed E-state index contributed by atoms with van der Waals surface area (Å²) in [6.07, 6.45) is 9.87. The van der Waals surface area contributed by atoms with Crippen molar-refractivity contribution in [3.8, 4) is 0 Å². The zero-order valence-corrected chi connectivity index (χ0v) is 22.2. The monoisotopic (exact) mass is 523 g/mol. The molecule has 1 aliphatic carbocycles. The molecule has 0 bridgehead atoms. The summed E-state index contributed by atoms with van der Waals surface area (Å²) < 4.78 is 4.81. The van der Waals surface area contributed by atoms with Gasteiger partial charge in [-0.25, -0.2) is 9.13 Å². The number of benzene rings is 2. The van der Waals surface area contributed by atoms with Gasteiger partial charge in [0.05, 0.1) is 6.54 Å². The molecule has 2 N–H and O–H groups in total. The number of halogens is 1. The average molecular weight is 525 g/mol. The van der Waals surface area contributed by atoms with Gasteiger partial charge in [0.25, 0.3) is 5.82 Å². The maximum absolute atomic E-state index is 13.3. The summed E-state index contributed by atoms with van der Waals surface area (Å²) in [5.74, 6) is 1.94. The molecule has 0 saturated heterocycles.